The van der Waals surface area contributed by atoms with Crippen LogP contribution in [0.4, 0.5) is 0 Å². The van der Waals surface area contributed by atoms with Crippen LogP contribution >= 0.6 is 27.3 Å². The molecule has 0 unspecified atom stereocenters. The average Bonchev–Trinajstić information content (AvgIpc) is 3.20. The summed E-state index contributed by atoms with van der Waals surface area (Å²) in [5.41, 5.74) is 7.00. The minimum atomic E-state index is -0.574. The normalized spacial score (nSPS) is 11.2. The smallest absolute Gasteiger partial charge is 0.365 e. The summed E-state index contributed by atoms with van der Waals surface area (Å²) in [7, 11) is 0. The Hall–Kier alpha value is -2.64. The van der Waals surface area contributed by atoms with Crippen molar-refractivity contribution in [3.05, 3.63) is 86.5 Å². The van der Waals surface area contributed by atoms with Crippen molar-refractivity contribution in [2.75, 3.05) is 0 Å². The molecule has 0 radical (unpaired) electrons. The first-order valence-corrected chi connectivity index (χ1v) is 9.35. The van der Waals surface area contributed by atoms with Crippen molar-refractivity contribution in [2.24, 2.45) is 10.9 Å². The number of hydrogen-bond acceptors (Lipinski definition) is 5. The fraction of sp³-hybridized carbons (Fsp3) is 0.0526. The lowest BCUT2D eigenvalue weighted by Gasteiger charge is -2.07. The Morgan fingerprint density at radius 1 is 1.12 bits per heavy atom. The molecule has 0 spiro atoms. The summed E-state index contributed by atoms with van der Waals surface area (Å²) < 4.78 is 6.69. The van der Waals surface area contributed by atoms with Gasteiger partial charge in [0.2, 0.25) is 0 Å². The van der Waals surface area contributed by atoms with Crippen LogP contribution in [0, 0.1) is 0 Å². The van der Waals surface area contributed by atoms with Crippen LogP contribution in [-0.2, 0) is 11.4 Å². The minimum Gasteiger partial charge on any atom is -0.489 e. The first kappa shape index (κ1) is 18.2. The second-order valence-electron chi connectivity index (χ2n) is 5.28. The van der Waals surface area contributed by atoms with Gasteiger partial charge in [-0.15, -0.1) is 11.3 Å². The number of amidine groups is 1. The van der Waals surface area contributed by atoms with Gasteiger partial charge in [-0.05, 0) is 53.4 Å². The molecule has 5 nitrogen and oxygen atoms in total. The summed E-state index contributed by atoms with van der Waals surface area (Å²) in [6.07, 6.45) is 0. The average molecular weight is 431 g/mol. The Morgan fingerprint density at radius 3 is 2.65 bits per heavy atom. The molecule has 1 aromatic heterocycles. The highest BCUT2D eigenvalue weighted by Crippen LogP contribution is 2.18. The van der Waals surface area contributed by atoms with E-state index in [-0.39, 0.29) is 5.84 Å². The number of oxime groups is 1. The Balaban J connectivity index is 1.61. The molecule has 132 valence electrons. The topological polar surface area (TPSA) is 73.9 Å². The van der Waals surface area contributed by atoms with E-state index >= 15 is 0 Å². The molecule has 7 heteroatoms. The molecule has 2 aromatic carbocycles. The number of ether oxygens (including phenoxy) is 1. The summed E-state index contributed by atoms with van der Waals surface area (Å²) in [6, 6.07) is 18.2. The van der Waals surface area contributed by atoms with E-state index in [1.807, 2.05) is 41.8 Å². The van der Waals surface area contributed by atoms with Gasteiger partial charge in [0.1, 0.15) is 12.4 Å². The molecule has 0 aliphatic rings. The van der Waals surface area contributed by atoms with E-state index in [1.54, 1.807) is 24.3 Å². The molecule has 26 heavy (non-hydrogen) atoms. The monoisotopic (exact) mass is 430 g/mol. The highest BCUT2D eigenvalue weighted by molar-refractivity contribution is 9.10. The van der Waals surface area contributed by atoms with Crippen molar-refractivity contribution >= 4 is 39.1 Å². The molecule has 0 saturated heterocycles. The summed E-state index contributed by atoms with van der Waals surface area (Å²) in [5, 5.41) is 5.56. The van der Waals surface area contributed by atoms with Gasteiger partial charge in [-0.1, -0.05) is 39.3 Å². The molecule has 2 N–H and O–H groups in total. The zero-order chi connectivity index (χ0) is 18.4. The van der Waals surface area contributed by atoms with Crippen LogP contribution < -0.4 is 10.5 Å². The van der Waals surface area contributed by atoms with Crippen LogP contribution in [0.5, 0.6) is 5.75 Å². The van der Waals surface area contributed by atoms with E-state index in [0.29, 0.717) is 12.2 Å². The largest absolute Gasteiger partial charge is 0.489 e. The summed E-state index contributed by atoms with van der Waals surface area (Å²) >= 11 is 4.80. The van der Waals surface area contributed by atoms with Crippen molar-refractivity contribution in [3.8, 4) is 5.75 Å². The molecule has 1 heterocycles. The third-order valence-electron chi connectivity index (χ3n) is 3.38. The Labute approximate surface area is 163 Å². The van der Waals surface area contributed by atoms with E-state index in [2.05, 4.69) is 21.1 Å². The van der Waals surface area contributed by atoms with E-state index < -0.39 is 5.97 Å². The number of nitrogens with zero attached hydrogens (tertiary/aromatic N) is 1. The maximum Gasteiger partial charge on any atom is 0.365 e. The third-order valence-corrected chi connectivity index (χ3v) is 4.80. The molecule has 3 aromatic rings. The zero-order valence-corrected chi connectivity index (χ0v) is 16.0. The number of carbonyl (C=O) groups excluding carboxylic acids is 1. The molecule has 0 bridgehead atoms. The Morgan fingerprint density at radius 2 is 1.92 bits per heavy atom. The number of nitrogens with two attached hydrogens (primary N) is 1. The van der Waals surface area contributed by atoms with Crippen LogP contribution in [0.15, 0.2) is 75.7 Å². The van der Waals surface area contributed by atoms with Crippen LogP contribution in [0.1, 0.15) is 20.8 Å². The van der Waals surface area contributed by atoms with Crippen LogP contribution in [0.25, 0.3) is 0 Å². The molecule has 0 fully saturated rings. The second kappa shape index (κ2) is 8.64. The quantitative estimate of drug-likeness (QED) is 0.269. The maximum absolute atomic E-state index is 12.2. The molecule has 0 aliphatic heterocycles. The number of hydrogen-bond donors (Lipinski definition) is 1. The van der Waals surface area contributed by atoms with Gasteiger partial charge in [0.15, 0.2) is 5.84 Å². The van der Waals surface area contributed by atoms with Gasteiger partial charge in [0, 0.05) is 4.47 Å². The molecule has 0 amide bonds. The standard InChI is InChI=1S/C19H15BrN2O3S/c20-15-6-8-16(9-7-15)24-12-13-3-1-4-14(11-13)19(23)25-22-18(21)17-5-2-10-26-17/h1-11H,12H2,(H2,21,22). The van der Waals surface area contributed by atoms with Crippen molar-refractivity contribution in [3.63, 3.8) is 0 Å². The van der Waals surface area contributed by atoms with Gasteiger partial charge < -0.3 is 15.3 Å². The van der Waals surface area contributed by atoms with Gasteiger partial charge in [0.25, 0.3) is 0 Å². The van der Waals surface area contributed by atoms with Gasteiger partial charge in [-0.3, -0.25) is 0 Å². The lowest BCUT2D eigenvalue weighted by atomic mass is 10.1. The predicted octanol–water partition coefficient (Wildman–Crippen LogP) is 4.57. The van der Waals surface area contributed by atoms with Gasteiger partial charge in [0.05, 0.1) is 10.4 Å². The van der Waals surface area contributed by atoms with Crippen LogP contribution in [-0.4, -0.2) is 11.8 Å². The number of carbonyl (C=O) groups is 1. The molecular weight excluding hydrogens is 416 g/mol. The summed E-state index contributed by atoms with van der Waals surface area (Å²) in [6.45, 7) is 0.337. The first-order chi connectivity index (χ1) is 12.6. The van der Waals surface area contributed by atoms with Crippen molar-refractivity contribution in [1.82, 2.24) is 0 Å². The maximum atomic E-state index is 12.2. The van der Waals surface area contributed by atoms with Crippen molar-refractivity contribution in [2.45, 2.75) is 6.61 Å². The highest BCUT2D eigenvalue weighted by Gasteiger charge is 2.09. The molecule has 0 saturated carbocycles. The predicted molar refractivity (Wildman–Crippen MR) is 105 cm³/mol. The fourth-order valence-corrected chi connectivity index (χ4v) is 2.98. The van der Waals surface area contributed by atoms with Crippen molar-refractivity contribution < 1.29 is 14.4 Å². The van der Waals surface area contributed by atoms with E-state index in [1.165, 1.54) is 11.3 Å². The number of halogens is 1. The SMILES string of the molecule is N/C(=N\OC(=O)c1cccc(COc2ccc(Br)cc2)c1)c1cccs1. The highest BCUT2D eigenvalue weighted by atomic mass is 79.9. The zero-order valence-electron chi connectivity index (χ0n) is 13.6. The van der Waals surface area contributed by atoms with Gasteiger partial charge in [-0.2, -0.15) is 0 Å². The summed E-state index contributed by atoms with van der Waals surface area (Å²) in [4.78, 5) is 17.8. The Bertz CT molecular complexity index is 909. The minimum absolute atomic E-state index is 0.170. The van der Waals surface area contributed by atoms with E-state index in [9.17, 15) is 4.79 Å². The lowest BCUT2D eigenvalue weighted by molar-refractivity contribution is 0.0516. The Kier molecular flexibility index (Phi) is 6.04. The summed E-state index contributed by atoms with van der Waals surface area (Å²) in [5.74, 6) is 0.340. The number of rotatable bonds is 6. The van der Waals surface area contributed by atoms with Gasteiger partial charge in [-0.25, -0.2) is 4.79 Å². The van der Waals surface area contributed by atoms with E-state index in [4.69, 9.17) is 15.3 Å². The van der Waals surface area contributed by atoms with Crippen LogP contribution in [0.3, 0.4) is 0 Å². The second-order valence-corrected chi connectivity index (χ2v) is 7.14. The third kappa shape index (κ3) is 4.93. The molecule has 3 rings (SSSR count). The number of benzene rings is 2. The van der Waals surface area contributed by atoms with Crippen LogP contribution in [0.2, 0.25) is 0 Å². The van der Waals surface area contributed by atoms with Gasteiger partial charge >= 0.3 is 5.97 Å². The fourth-order valence-electron chi connectivity index (χ4n) is 2.10. The van der Waals surface area contributed by atoms with Crippen molar-refractivity contribution in [1.29, 1.82) is 0 Å². The number of thiophene rings is 1. The molecule has 0 atom stereocenters. The molecule has 0 aliphatic carbocycles. The first-order valence-electron chi connectivity index (χ1n) is 7.68. The van der Waals surface area contributed by atoms with E-state index in [0.717, 1.165) is 20.7 Å². The lowest BCUT2D eigenvalue weighted by Crippen LogP contribution is -2.13. The molecular formula is C19H15BrN2O3S.